The van der Waals surface area contributed by atoms with Crippen LogP contribution in [0.25, 0.3) is 0 Å². The van der Waals surface area contributed by atoms with Gasteiger partial charge in [0.15, 0.2) is 25.0 Å². The first-order valence-corrected chi connectivity index (χ1v) is 25.0. The van der Waals surface area contributed by atoms with Crippen LogP contribution in [0.3, 0.4) is 0 Å². The van der Waals surface area contributed by atoms with Crippen LogP contribution in [0, 0.1) is 0 Å². The van der Waals surface area contributed by atoms with Crippen LogP contribution in [-0.4, -0.2) is 52.3 Å². The monoisotopic (exact) mass is 430 g/mol. The molecule has 0 saturated heterocycles. The van der Waals surface area contributed by atoms with Crippen molar-refractivity contribution in [2.24, 2.45) is 0 Å². The summed E-state index contributed by atoms with van der Waals surface area (Å²) in [7, 11) is -11.3. The quantitative estimate of drug-likeness (QED) is 0.493. The summed E-state index contributed by atoms with van der Waals surface area (Å²) in [6.45, 7) is 25.8. The molecule has 0 saturated carbocycles. The molecular weight excluding hydrogens is 393 g/mol. The van der Waals surface area contributed by atoms with Crippen molar-refractivity contribution in [3.05, 3.63) is 0 Å². The standard InChI is InChI=1S/C12H38O5Si6/c1-18(13-20(3,4)5)15-23(12,17-22(9,10)11)16-19(2)14-21(6,7)8/h18-19H,1-12H3. The van der Waals surface area contributed by atoms with Crippen molar-refractivity contribution in [2.45, 2.75) is 78.6 Å². The molecule has 0 bridgehead atoms. The van der Waals surface area contributed by atoms with Crippen LogP contribution in [0.1, 0.15) is 0 Å². The van der Waals surface area contributed by atoms with E-state index in [0.717, 1.165) is 0 Å². The number of rotatable bonds is 10. The summed E-state index contributed by atoms with van der Waals surface area (Å²) in [5.41, 5.74) is 0. The van der Waals surface area contributed by atoms with Crippen LogP contribution < -0.4 is 0 Å². The lowest BCUT2D eigenvalue weighted by Crippen LogP contribution is -2.57. The molecule has 0 aromatic carbocycles. The number of hydrogen-bond donors (Lipinski definition) is 0. The smallest absolute Gasteiger partial charge is 0.439 e. The Balaban J connectivity index is 5.03. The van der Waals surface area contributed by atoms with Gasteiger partial charge < -0.3 is 20.6 Å². The van der Waals surface area contributed by atoms with Crippen LogP contribution >= 0.6 is 0 Å². The normalized spacial score (nSPS) is 19.3. The molecule has 0 aromatic rings. The Morgan fingerprint density at radius 2 is 0.783 bits per heavy atom. The van der Waals surface area contributed by atoms with Gasteiger partial charge in [-0.05, 0) is 72.0 Å². The lowest BCUT2D eigenvalue weighted by molar-refractivity contribution is 0.234. The Hall–Kier alpha value is 1.10. The lowest BCUT2D eigenvalue weighted by Gasteiger charge is -2.38. The fraction of sp³-hybridized carbons (Fsp3) is 1.00. The van der Waals surface area contributed by atoms with E-state index < -0.39 is 52.3 Å². The zero-order chi connectivity index (χ0) is 18.7. The molecule has 11 heteroatoms. The maximum absolute atomic E-state index is 6.37. The van der Waals surface area contributed by atoms with Crippen LogP contribution in [-0.2, 0) is 20.6 Å². The molecule has 0 aliphatic heterocycles. The minimum atomic E-state index is -2.73. The molecule has 2 atom stereocenters. The van der Waals surface area contributed by atoms with E-state index in [1.165, 1.54) is 0 Å². The van der Waals surface area contributed by atoms with Crippen molar-refractivity contribution in [3.63, 3.8) is 0 Å². The predicted octanol–water partition coefficient (Wildman–Crippen LogP) is 3.84. The predicted molar refractivity (Wildman–Crippen MR) is 113 cm³/mol. The van der Waals surface area contributed by atoms with Gasteiger partial charge in [0.05, 0.1) is 0 Å². The summed E-state index contributed by atoms with van der Waals surface area (Å²) < 4.78 is 31.3. The molecular formula is C12H38O5Si6. The second kappa shape index (κ2) is 8.66. The Morgan fingerprint density at radius 1 is 0.478 bits per heavy atom. The largest absolute Gasteiger partial charge is 0.468 e. The molecule has 0 aromatic heterocycles. The summed E-state index contributed by atoms with van der Waals surface area (Å²) in [5, 5.41) is 0. The molecule has 0 radical (unpaired) electrons. The molecule has 140 valence electrons. The molecule has 0 heterocycles. The Kier molecular flexibility index (Phi) is 9.07. The molecule has 0 aliphatic carbocycles. The van der Waals surface area contributed by atoms with Gasteiger partial charge in [0, 0.05) is 6.55 Å². The van der Waals surface area contributed by atoms with E-state index in [9.17, 15) is 0 Å². The average molecular weight is 431 g/mol. The van der Waals surface area contributed by atoms with Crippen LogP contribution in [0.15, 0.2) is 0 Å². The fourth-order valence-corrected chi connectivity index (χ4v) is 22.7. The average Bonchev–Trinajstić information content (AvgIpc) is 2.03. The van der Waals surface area contributed by atoms with E-state index in [0.29, 0.717) is 0 Å². The van der Waals surface area contributed by atoms with Gasteiger partial charge in [-0.3, -0.25) is 0 Å². The Bertz CT molecular complexity index is 338. The van der Waals surface area contributed by atoms with E-state index >= 15 is 0 Å². The molecule has 0 fully saturated rings. The van der Waals surface area contributed by atoms with Crippen molar-refractivity contribution >= 4 is 52.3 Å². The summed E-state index contributed by atoms with van der Waals surface area (Å²) in [6.07, 6.45) is 0. The van der Waals surface area contributed by atoms with E-state index in [1.807, 2.05) is 6.55 Å². The zero-order valence-corrected chi connectivity index (χ0v) is 23.5. The highest BCUT2D eigenvalue weighted by Gasteiger charge is 2.44. The van der Waals surface area contributed by atoms with E-state index in [1.54, 1.807) is 0 Å². The van der Waals surface area contributed by atoms with Crippen molar-refractivity contribution in [3.8, 4) is 0 Å². The summed E-state index contributed by atoms with van der Waals surface area (Å²) >= 11 is 0. The zero-order valence-electron chi connectivity index (χ0n) is 17.2. The van der Waals surface area contributed by atoms with Gasteiger partial charge in [-0.1, -0.05) is 0 Å². The van der Waals surface area contributed by atoms with Gasteiger partial charge in [-0.15, -0.1) is 0 Å². The lowest BCUT2D eigenvalue weighted by atomic mass is 11.8. The SMILES string of the molecule is C[SiH](O[Si](C)(C)C)O[Si](C)(O[SiH](C)O[Si](C)(C)C)O[Si](C)(C)C. The summed E-state index contributed by atoms with van der Waals surface area (Å²) in [5.74, 6) is 0. The fourth-order valence-electron chi connectivity index (χ4n) is 2.28. The van der Waals surface area contributed by atoms with Gasteiger partial charge in [-0.25, -0.2) is 0 Å². The van der Waals surface area contributed by atoms with E-state index in [4.69, 9.17) is 20.6 Å². The highest BCUT2D eigenvalue weighted by Crippen LogP contribution is 2.21. The first kappa shape index (κ1) is 24.1. The highest BCUT2D eigenvalue weighted by atomic mass is 28.5. The molecule has 0 rings (SSSR count). The van der Waals surface area contributed by atoms with Gasteiger partial charge in [0.1, 0.15) is 0 Å². The first-order valence-electron chi connectivity index (χ1n) is 8.32. The summed E-state index contributed by atoms with van der Waals surface area (Å²) in [4.78, 5) is 0. The molecule has 5 nitrogen and oxygen atoms in total. The minimum Gasteiger partial charge on any atom is -0.439 e. The molecule has 0 aliphatic rings. The van der Waals surface area contributed by atoms with Crippen molar-refractivity contribution < 1.29 is 20.6 Å². The van der Waals surface area contributed by atoms with Gasteiger partial charge in [0.2, 0.25) is 0 Å². The third-order valence-electron chi connectivity index (χ3n) is 2.29. The number of hydrogen-bond acceptors (Lipinski definition) is 5. The Labute approximate surface area is 151 Å². The van der Waals surface area contributed by atoms with Crippen molar-refractivity contribution in [1.29, 1.82) is 0 Å². The van der Waals surface area contributed by atoms with Gasteiger partial charge in [0.25, 0.3) is 0 Å². The third kappa shape index (κ3) is 14.0. The molecule has 0 amide bonds. The third-order valence-corrected chi connectivity index (χ3v) is 20.6. The Morgan fingerprint density at radius 3 is 1.00 bits per heavy atom. The topological polar surface area (TPSA) is 46.2 Å². The maximum Gasteiger partial charge on any atom is 0.468 e. The van der Waals surface area contributed by atoms with Gasteiger partial charge >= 0.3 is 27.4 Å². The van der Waals surface area contributed by atoms with Crippen LogP contribution in [0.2, 0.25) is 78.6 Å². The first-order chi connectivity index (χ1) is 9.91. The second-order valence-electron chi connectivity index (χ2n) is 8.91. The van der Waals surface area contributed by atoms with Gasteiger partial charge in [-0.2, -0.15) is 0 Å². The molecule has 0 N–H and O–H groups in total. The van der Waals surface area contributed by atoms with Crippen LogP contribution in [0.5, 0.6) is 0 Å². The second-order valence-corrected chi connectivity index (χ2v) is 30.2. The van der Waals surface area contributed by atoms with E-state index in [-0.39, 0.29) is 0 Å². The molecule has 23 heavy (non-hydrogen) atoms. The highest BCUT2D eigenvalue weighted by molar-refractivity contribution is 6.86. The van der Waals surface area contributed by atoms with E-state index in [2.05, 4.69) is 72.0 Å². The van der Waals surface area contributed by atoms with Crippen LogP contribution in [0.4, 0.5) is 0 Å². The van der Waals surface area contributed by atoms with Crippen molar-refractivity contribution in [2.75, 3.05) is 0 Å². The maximum atomic E-state index is 6.37. The summed E-state index contributed by atoms with van der Waals surface area (Å²) in [6, 6.07) is 0. The minimum absolute atomic E-state index is 1.61. The molecule has 0 spiro atoms. The molecule has 2 unspecified atom stereocenters. The van der Waals surface area contributed by atoms with Crippen molar-refractivity contribution in [1.82, 2.24) is 0 Å².